The van der Waals surface area contributed by atoms with Gasteiger partial charge in [-0.1, -0.05) is 29.8 Å². The van der Waals surface area contributed by atoms with Gasteiger partial charge in [0.05, 0.1) is 12.7 Å². The van der Waals surface area contributed by atoms with Crippen molar-refractivity contribution in [1.82, 2.24) is 0 Å². The number of benzene rings is 2. The van der Waals surface area contributed by atoms with Crippen LogP contribution in [-0.2, 0) is 4.79 Å². The summed E-state index contributed by atoms with van der Waals surface area (Å²) in [4.78, 5) is 29.0. The second-order valence-corrected chi connectivity index (χ2v) is 9.08. The first-order valence-electron chi connectivity index (χ1n) is 10.1. The lowest BCUT2D eigenvalue weighted by molar-refractivity contribution is -0.117. The summed E-state index contributed by atoms with van der Waals surface area (Å²) in [5, 5.41) is 13.7. The summed E-state index contributed by atoms with van der Waals surface area (Å²) in [5.41, 5.74) is 1.86. The predicted molar refractivity (Wildman–Crippen MR) is 127 cm³/mol. The number of ether oxygens (including phenoxy) is 1. The van der Waals surface area contributed by atoms with E-state index in [0.29, 0.717) is 27.4 Å². The van der Waals surface area contributed by atoms with E-state index in [1.165, 1.54) is 29.4 Å². The fourth-order valence-corrected chi connectivity index (χ4v) is 5.12. The normalized spacial score (nSPS) is 16.2. The average Bonchev–Trinajstić information content (AvgIpc) is 3.52. The van der Waals surface area contributed by atoms with E-state index in [1.807, 2.05) is 42.6 Å². The van der Waals surface area contributed by atoms with Crippen LogP contribution in [0.25, 0.3) is 11.0 Å². The Bertz CT molecular complexity index is 1440. The predicted octanol–water partition coefficient (Wildman–Crippen LogP) is 6.25. The van der Waals surface area contributed by atoms with Crippen LogP contribution in [0.2, 0.25) is 5.02 Å². The molecule has 2 aromatic carbocycles. The van der Waals surface area contributed by atoms with E-state index in [0.717, 1.165) is 10.4 Å². The van der Waals surface area contributed by atoms with Crippen LogP contribution >= 0.6 is 22.9 Å². The molecule has 33 heavy (non-hydrogen) atoms. The van der Waals surface area contributed by atoms with Gasteiger partial charge in [0.2, 0.25) is 5.78 Å². The Morgan fingerprint density at radius 3 is 2.70 bits per heavy atom. The van der Waals surface area contributed by atoms with Crippen molar-refractivity contribution >= 4 is 51.3 Å². The number of furan rings is 1. The van der Waals surface area contributed by atoms with E-state index in [-0.39, 0.29) is 11.3 Å². The van der Waals surface area contributed by atoms with Crippen molar-refractivity contribution in [2.24, 2.45) is 0 Å². The van der Waals surface area contributed by atoms with E-state index < -0.39 is 23.5 Å². The molecule has 1 atom stereocenters. The molecule has 0 fully saturated rings. The van der Waals surface area contributed by atoms with Gasteiger partial charge in [0, 0.05) is 27.0 Å². The van der Waals surface area contributed by atoms with Gasteiger partial charge in [0.25, 0.3) is 5.91 Å². The number of methoxy groups -OCH3 is 1. The maximum Gasteiger partial charge on any atom is 0.294 e. The van der Waals surface area contributed by atoms with Crippen LogP contribution in [0.3, 0.4) is 0 Å². The highest BCUT2D eigenvalue weighted by Crippen LogP contribution is 2.44. The molecule has 166 valence electrons. The van der Waals surface area contributed by atoms with Crippen molar-refractivity contribution in [2.45, 2.75) is 13.0 Å². The smallest absolute Gasteiger partial charge is 0.294 e. The van der Waals surface area contributed by atoms with Crippen molar-refractivity contribution in [2.75, 3.05) is 12.0 Å². The maximum absolute atomic E-state index is 13.6. The Labute approximate surface area is 198 Å². The number of carbonyl (C=O) groups excluding carboxylic acids is 2. The number of aliphatic hydroxyl groups is 1. The number of aliphatic hydroxyl groups excluding tert-OH is 1. The summed E-state index contributed by atoms with van der Waals surface area (Å²) in [6.45, 7) is 1.91. The van der Waals surface area contributed by atoms with E-state index in [9.17, 15) is 14.7 Å². The van der Waals surface area contributed by atoms with Crippen LogP contribution < -0.4 is 9.64 Å². The number of hydrogen-bond donors (Lipinski definition) is 1. The van der Waals surface area contributed by atoms with Crippen molar-refractivity contribution < 1.29 is 23.8 Å². The van der Waals surface area contributed by atoms with Crippen molar-refractivity contribution in [3.05, 3.63) is 92.5 Å². The molecular formula is C25H18ClNO5S. The van der Waals surface area contributed by atoms with Gasteiger partial charge in [-0.05, 0) is 48.2 Å². The molecule has 1 aliphatic heterocycles. The Kier molecular flexibility index (Phi) is 5.23. The Balaban J connectivity index is 1.65. The van der Waals surface area contributed by atoms with Crippen LogP contribution in [0.1, 0.15) is 27.0 Å². The minimum atomic E-state index is -0.787. The van der Waals surface area contributed by atoms with Crippen LogP contribution in [0.15, 0.2) is 75.7 Å². The SMILES string of the molecule is COc1cc(Cl)cc2cc(C(=O)C3=C(O)C(=O)N(c4cccc(C)c4)C3c3cccs3)oc12. The quantitative estimate of drug-likeness (QED) is 0.342. The van der Waals surface area contributed by atoms with Gasteiger partial charge in [-0.15, -0.1) is 11.3 Å². The lowest BCUT2D eigenvalue weighted by Crippen LogP contribution is -2.30. The number of thiophene rings is 1. The van der Waals surface area contributed by atoms with Gasteiger partial charge < -0.3 is 14.3 Å². The van der Waals surface area contributed by atoms with Gasteiger partial charge in [-0.2, -0.15) is 0 Å². The number of nitrogens with zero attached hydrogens (tertiary/aromatic N) is 1. The number of rotatable bonds is 5. The molecule has 6 nitrogen and oxygen atoms in total. The maximum atomic E-state index is 13.6. The third kappa shape index (κ3) is 3.50. The molecule has 1 amide bonds. The molecule has 2 aromatic heterocycles. The third-order valence-corrected chi connectivity index (χ3v) is 6.68. The molecule has 1 unspecified atom stereocenters. The molecule has 4 aromatic rings. The molecule has 3 heterocycles. The van der Waals surface area contributed by atoms with E-state index in [2.05, 4.69) is 0 Å². The zero-order valence-corrected chi connectivity index (χ0v) is 19.2. The standard InChI is InChI=1S/C25H18ClNO5S/c1-13-5-3-6-16(9-13)27-21(19-7-4-8-33-19)20(23(29)25(27)30)22(28)17-11-14-10-15(26)12-18(31-2)24(14)32-17/h3-12,21,29H,1-2H3. The van der Waals surface area contributed by atoms with E-state index in [1.54, 1.807) is 18.2 Å². The summed E-state index contributed by atoms with van der Waals surface area (Å²) >= 11 is 7.54. The summed E-state index contributed by atoms with van der Waals surface area (Å²) in [5.74, 6) is -1.45. The number of ketones is 1. The molecule has 1 aliphatic rings. The van der Waals surface area contributed by atoms with Gasteiger partial charge in [-0.3, -0.25) is 14.5 Å². The number of anilines is 1. The fraction of sp³-hybridized carbons (Fsp3) is 0.120. The zero-order valence-electron chi connectivity index (χ0n) is 17.7. The number of aryl methyl sites for hydroxylation is 1. The second kappa shape index (κ2) is 8.10. The molecule has 5 rings (SSSR count). The van der Waals surface area contributed by atoms with Crippen LogP contribution in [0.4, 0.5) is 5.69 Å². The minimum absolute atomic E-state index is 0.0208. The topological polar surface area (TPSA) is 80.0 Å². The number of hydrogen-bond acceptors (Lipinski definition) is 6. The Morgan fingerprint density at radius 1 is 1.18 bits per heavy atom. The van der Waals surface area contributed by atoms with Crippen molar-refractivity contribution in [3.63, 3.8) is 0 Å². The van der Waals surface area contributed by atoms with Gasteiger partial charge in [0.15, 0.2) is 22.9 Å². The molecule has 0 aliphatic carbocycles. The monoisotopic (exact) mass is 479 g/mol. The molecule has 1 N–H and O–H groups in total. The lowest BCUT2D eigenvalue weighted by Gasteiger charge is -2.25. The van der Waals surface area contributed by atoms with Crippen molar-refractivity contribution in [3.8, 4) is 5.75 Å². The van der Waals surface area contributed by atoms with Crippen molar-refractivity contribution in [1.29, 1.82) is 0 Å². The molecule has 0 saturated carbocycles. The number of carbonyl (C=O) groups is 2. The molecule has 0 saturated heterocycles. The number of Topliss-reactive ketones (excluding diaryl/α,β-unsaturated/α-hetero) is 1. The minimum Gasteiger partial charge on any atom is -0.503 e. The largest absolute Gasteiger partial charge is 0.503 e. The Morgan fingerprint density at radius 2 is 2.00 bits per heavy atom. The lowest BCUT2D eigenvalue weighted by atomic mass is 10.00. The van der Waals surface area contributed by atoms with Gasteiger partial charge >= 0.3 is 0 Å². The molecule has 0 spiro atoms. The third-order valence-electron chi connectivity index (χ3n) is 5.54. The van der Waals surface area contributed by atoms with Gasteiger partial charge in [0.1, 0.15) is 6.04 Å². The second-order valence-electron chi connectivity index (χ2n) is 7.66. The zero-order chi connectivity index (χ0) is 23.3. The van der Waals surface area contributed by atoms with E-state index >= 15 is 0 Å². The van der Waals surface area contributed by atoms with Crippen LogP contribution in [0, 0.1) is 6.92 Å². The van der Waals surface area contributed by atoms with Crippen LogP contribution in [0.5, 0.6) is 5.75 Å². The summed E-state index contributed by atoms with van der Waals surface area (Å²) in [6.07, 6.45) is 0. The highest BCUT2D eigenvalue weighted by molar-refractivity contribution is 7.10. The average molecular weight is 480 g/mol. The summed E-state index contributed by atoms with van der Waals surface area (Å²) in [6, 6.07) is 15.0. The number of fused-ring (bicyclic) bond motifs is 1. The summed E-state index contributed by atoms with van der Waals surface area (Å²) in [7, 11) is 1.48. The first kappa shape index (κ1) is 21.3. The molecular weight excluding hydrogens is 462 g/mol. The number of amides is 1. The molecule has 0 bridgehead atoms. The number of halogens is 1. The Hall–Kier alpha value is -3.55. The van der Waals surface area contributed by atoms with Gasteiger partial charge in [-0.25, -0.2) is 0 Å². The van der Waals surface area contributed by atoms with E-state index in [4.69, 9.17) is 20.8 Å². The molecule has 8 heteroatoms. The summed E-state index contributed by atoms with van der Waals surface area (Å²) < 4.78 is 11.1. The molecule has 0 radical (unpaired) electrons. The first-order valence-corrected chi connectivity index (χ1v) is 11.3. The highest BCUT2D eigenvalue weighted by atomic mass is 35.5. The van der Waals surface area contributed by atoms with Crippen LogP contribution in [-0.4, -0.2) is 23.9 Å². The fourth-order valence-electron chi connectivity index (χ4n) is 4.08. The highest BCUT2D eigenvalue weighted by Gasteiger charge is 2.46. The first-order chi connectivity index (χ1) is 15.9.